The Hall–Kier alpha value is -1.88. The number of hydrogen-bond donors (Lipinski definition) is 2. The van der Waals surface area contributed by atoms with Crippen molar-refractivity contribution in [1.82, 2.24) is 0 Å². The fourth-order valence-electron chi connectivity index (χ4n) is 1.78. The predicted molar refractivity (Wildman–Crippen MR) is 75.3 cm³/mol. The zero-order chi connectivity index (χ0) is 13.2. The van der Waals surface area contributed by atoms with E-state index in [1.54, 1.807) is 17.5 Å². The molecule has 1 aliphatic rings. The number of carbonyl (C=O) groups is 1. The van der Waals surface area contributed by atoms with Gasteiger partial charge in [-0.1, -0.05) is 0 Å². The Labute approximate surface area is 114 Å². The van der Waals surface area contributed by atoms with Crippen molar-refractivity contribution < 1.29 is 9.18 Å². The van der Waals surface area contributed by atoms with Gasteiger partial charge in [0.05, 0.1) is 16.9 Å². The van der Waals surface area contributed by atoms with Crippen LogP contribution in [0.2, 0.25) is 0 Å². The number of benzene rings is 1. The van der Waals surface area contributed by atoms with Crippen LogP contribution in [0.15, 0.2) is 35.0 Å². The molecule has 1 aromatic heterocycles. The summed E-state index contributed by atoms with van der Waals surface area (Å²) < 4.78 is 13.3. The van der Waals surface area contributed by atoms with Gasteiger partial charge in [0.25, 0.3) is 5.91 Å². The molecule has 1 heterocycles. The van der Waals surface area contributed by atoms with Crippen LogP contribution in [0.1, 0.15) is 23.2 Å². The van der Waals surface area contributed by atoms with Crippen molar-refractivity contribution in [1.29, 1.82) is 0 Å². The summed E-state index contributed by atoms with van der Waals surface area (Å²) in [6, 6.07) is 6.52. The molecule has 0 saturated heterocycles. The minimum absolute atomic E-state index is 0.174. The first-order valence-electron chi connectivity index (χ1n) is 6.12. The Morgan fingerprint density at radius 3 is 2.79 bits per heavy atom. The molecule has 1 aliphatic carbocycles. The van der Waals surface area contributed by atoms with Crippen LogP contribution in [-0.4, -0.2) is 11.9 Å². The minimum Gasteiger partial charge on any atom is -0.381 e. The van der Waals surface area contributed by atoms with Crippen LogP contribution in [-0.2, 0) is 0 Å². The van der Waals surface area contributed by atoms with Gasteiger partial charge in [-0.25, -0.2) is 4.39 Å². The average molecular weight is 276 g/mol. The third kappa shape index (κ3) is 2.93. The number of anilines is 2. The third-order valence-electron chi connectivity index (χ3n) is 2.95. The Kier molecular flexibility index (Phi) is 3.21. The maximum absolute atomic E-state index is 13.3. The van der Waals surface area contributed by atoms with Crippen LogP contribution in [0, 0.1) is 5.82 Å². The van der Waals surface area contributed by atoms with Crippen LogP contribution in [0.4, 0.5) is 15.8 Å². The molecule has 0 aliphatic heterocycles. The molecule has 2 aromatic rings. The van der Waals surface area contributed by atoms with Gasteiger partial charge in [0.1, 0.15) is 5.82 Å². The summed E-state index contributed by atoms with van der Waals surface area (Å²) in [6.45, 7) is 0. The molecule has 2 N–H and O–H groups in total. The van der Waals surface area contributed by atoms with E-state index in [0.29, 0.717) is 23.0 Å². The van der Waals surface area contributed by atoms with Crippen molar-refractivity contribution in [3.63, 3.8) is 0 Å². The Bertz CT molecular complexity index is 593. The van der Waals surface area contributed by atoms with Gasteiger partial charge in [-0.05, 0) is 42.5 Å². The largest absolute Gasteiger partial charge is 0.381 e. The molecule has 0 radical (unpaired) electrons. The van der Waals surface area contributed by atoms with Gasteiger partial charge in [0.15, 0.2) is 0 Å². The zero-order valence-electron chi connectivity index (χ0n) is 10.2. The van der Waals surface area contributed by atoms with Gasteiger partial charge < -0.3 is 10.6 Å². The van der Waals surface area contributed by atoms with Crippen molar-refractivity contribution in [3.8, 4) is 0 Å². The molecule has 3 rings (SSSR count). The van der Waals surface area contributed by atoms with E-state index in [0.717, 1.165) is 12.8 Å². The van der Waals surface area contributed by atoms with E-state index in [1.165, 1.54) is 23.5 Å². The lowest BCUT2D eigenvalue weighted by Gasteiger charge is -2.12. The quantitative estimate of drug-likeness (QED) is 0.893. The summed E-state index contributed by atoms with van der Waals surface area (Å²) in [5, 5.41) is 9.67. The number of hydrogen-bond acceptors (Lipinski definition) is 3. The van der Waals surface area contributed by atoms with Gasteiger partial charge in [-0.15, -0.1) is 0 Å². The van der Waals surface area contributed by atoms with E-state index in [9.17, 15) is 9.18 Å². The number of amides is 1. The highest BCUT2D eigenvalue weighted by molar-refractivity contribution is 7.08. The van der Waals surface area contributed by atoms with E-state index in [2.05, 4.69) is 10.6 Å². The third-order valence-corrected chi connectivity index (χ3v) is 3.63. The van der Waals surface area contributed by atoms with Crippen molar-refractivity contribution in [2.75, 3.05) is 10.6 Å². The average Bonchev–Trinajstić information content (AvgIpc) is 3.03. The second-order valence-corrected chi connectivity index (χ2v) is 5.35. The Balaban J connectivity index is 1.81. The molecular formula is C14H13FN2OS. The van der Waals surface area contributed by atoms with Crippen LogP contribution in [0.3, 0.4) is 0 Å². The molecule has 1 amide bonds. The predicted octanol–water partition coefficient (Wildman–Crippen LogP) is 3.71. The molecule has 5 heteroatoms. The molecule has 19 heavy (non-hydrogen) atoms. The van der Waals surface area contributed by atoms with Crippen LogP contribution < -0.4 is 10.6 Å². The first kappa shape index (κ1) is 12.2. The fourth-order valence-corrected chi connectivity index (χ4v) is 2.42. The second-order valence-electron chi connectivity index (χ2n) is 4.57. The summed E-state index contributed by atoms with van der Waals surface area (Å²) in [5.41, 5.74) is 1.88. The highest BCUT2D eigenvalue weighted by Crippen LogP contribution is 2.30. The van der Waals surface area contributed by atoms with Gasteiger partial charge in [-0.3, -0.25) is 4.79 Å². The SMILES string of the molecule is O=C(Nc1ccc(F)cc1NC1CC1)c1ccsc1. The minimum atomic E-state index is -0.309. The van der Waals surface area contributed by atoms with E-state index in [-0.39, 0.29) is 11.7 Å². The number of halogens is 1. The first-order chi connectivity index (χ1) is 9.22. The summed E-state index contributed by atoms with van der Waals surface area (Å²) in [7, 11) is 0. The van der Waals surface area contributed by atoms with E-state index in [1.807, 2.05) is 5.38 Å². The number of rotatable bonds is 4. The molecule has 98 valence electrons. The highest BCUT2D eigenvalue weighted by atomic mass is 32.1. The van der Waals surface area contributed by atoms with Gasteiger partial charge in [-0.2, -0.15) is 11.3 Å². The van der Waals surface area contributed by atoms with Crippen LogP contribution in [0.25, 0.3) is 0 Å². The highest BCUT2D eigenvalue weighted by Gasteiger charge is 2.22. The second kappa shape index (κ2) is 5.01. The smallest absolute Gasteiger partial charge is 0.256 e. The maximum Gasteiger partial charge on any atom is 0.256 e. The van der Waals surface area contributed by atoms with Crippen molar-refractivity contribution in [3.05, 3.63) is 46.4 Å². The van der Waals surface area contributed by atoms with Crippen molar-refractivity contribution in [2.24, 2.45) is 0 Å². The Morgan fingerprint density at radius 2 is 2.11 bits per heavy atom. The van der Waals surface area contributed by atoms with Gasteiger partial charge in [0, 0.05) is 11.4 Å². The molecule has 0 unspecified atom stereocenters. The van der Waals surface area contributed by atoms with Gasteiger partial charge in [0.2, 0.25) is 0 Å². The van der Waals surface area contributed by atoms with Crippen molar-refractivity contribution >= 4 is 28.6 Å². The van der Waals surface area contributed by atoms with E-state index >= 15 is 0 Å². The molecule has 1 fully saturated rings. The number of carbonyl (C=O) groups excluding carboxylic acids is 1. The van der Waals surface area contributed by atoms with E-state index < -0.39 is 0 Å². The number of nitrogens with one attached hydrogen (secondary N) is 2. The lowest BCUT2D eigenvalue weighted by molar-refractivity contribution is 0.102. The number of thiophene rings is 1. The topological polar surface area (TPSA) is 41.1 Å². The molecule has 0 atom stereocenters. The maximum atomic E-state index is 13.3. The molecular weight excluding hydrogens is 263 g/mol. The summed E-state index contributed by atoms with van der Waals surface area (Å²) in [6.07, 6.45) is 2.18. The first-order valence-corrected chi connectivity index (χ1v) is 7.06. The molecule has 0 spiro atoms. The van der Waals surface area contributed by atoms with Crippen LogP contribution in [0.5, 0.6) is 0 Å². The van der Waals surface area contributed by atoms with E-state index in [4.69, 9.17) is 0 Å². The van der Waals surface area contributed by atoms with Crippen molar-refractivity contribution in [2.45, 2.75) is 18.9 Å². The molecule has 3 nitrogen and oxygen atoms in total. The van der Waals surface area contributed by atoms with Crippen LogP contribution >= 0.6 is 11.3 Å². The lowest BCUT2D eigenvalue weighted by atomic mass is 10.2. The molecule has 1 aromatic carbocycles. The normalized spacial score (nSPS) is 14.2. The fraction of sp³-hybridized carbons (Fsp3) is 0.214. The monoisotopic (exact) mass is 276 g/mol. The summed E-state index contributed by atoms with van der Waals surface area (Å²) in [5.74, 6) is -0.483. The lowest BCUT2D eigenvalue weighted by Crippen LogP contribution is -2.13. The molecule has 1 saturated carbocycles. The standard InChI is InChI=1S/C14H13FN2OS/c15-10-1-4-12(13(7-10)16-11-2-3-11)17-14(18)9-5-6-19-8-9/h1,4-8,11,16H,2-3H2,(H,17,18). The summed E-state index contributed by atoms with van der Waals surface area (Å²) >= 11 is 1.47. The zero-order valence-corrected chi connectivity index (χ0v) is 11.0. The summed E-state index contributed by atoms with van der Waals surface area (Å²) in [4.78, 5) is 12.0. The molecule has 0 bridgehead atoms. The van der Waals surface area contributed by atoms with Gasteiger partial charge >= 0.3 is 0 Å². The Morgan fingerprint density at radius 1 is 1.26 bits per heavy atom.